The Bertz CT molecular complexity index is 684. The predicted octanol–water partition coefficient (Wildman–Crippen LogP) is 1.49. The lowest BCUT2D eigenvalue weighted by atomic mass is 9.99. The highest BCUT2D eigenvalue weighted by atomic mass is 16.5. The number of benzene rings is 1. The number of pyridine rings is 1. The lowest BCUT2D eigenvalue weighted by Crippen LogP contribution is -3.12. The van der Waals surface area contributed by atoms with Crippen LogP contribution in [0.2, 0.25) is 0 Å². The van der Waals surface area contributed by atoms with Crippen LogP contribution >= 0.6 is 0 Å². The molecule has 0 radical (unpaired) electrons. The van der Waals surface area contributed by atoms with E-state index in [0.29, 0.717) is 5.75 Å². The van der Waals surface area contributed by atoms with Gasteiger partial charge in [-0.2, -0.15) is 0 Å². The van der Waals surface area contributed by atoms with Gasteiger partial charge in [0.15, 0.2) is 5.69 Å². The van der Waals surface area contributed by atoms with E-state index in [1.807, 2.05) is 25.1 Å². The summed E-state index contributed by atoms with van der Waals surface area (Å²) in [5.74, 6) is 1.94. The summed E-state index contributed by atoms with van der Waals surface area (Å²) in [7, 11) is 1.65. The van der Waals surface area contributed by atoms with Crippen LogP contribution in [0.25, 0.3) is 10.9 Å². The smallest absolute Gasteiger partial charge is 0.215 e. The normalized spacial score (nSPS) is 22.0. The van der Waals surface area contributed by atoms with Crippen LogP contribution in [0.1, 0.15) is 31.0 Å². The number of aryl methyl sites for hydroxylation is 1. The summed E-state index contributed by atoms with van der Waals surface area (Å²) in [6.07, 6.45) is 2.61. The number of nitrogens with one attached hydrogen (secondary N) is 2. The third-order valence-corrected chi connectivity index (χ3v) is 4.83. The van der Waals surface area contributed by atoms with Crippen molar-refractivity contribution < 1.29 is 19.7 Å². The number of quaternary nitrogens is 1. The van der Waals surface area contributed by atoms with Crippen LogP contribution in [0, 0.1) is 12.8 Å². The molecule has 1 aliphatic heterocycles. The fourth-order valence-corrected chi connectivity index (χ4v) is 3.60. The highest BCUT2D eigenvalue weighted by Crippen LogP contribution is 2.30. The van der Waals surface area contributed by atoms with Crippen molar-refractivity contribution in [2.75, 3.05) is 20.2 Å². The molecule has 4 nitrogen and oxygen atoms in total. The van der Waals surface area contributed by atoms with E-state index >= 15 is 0 Å². The first-order valence-electron chi connectivity index (χ1n) is 8.13. The fraction of sp³-hybridized carbons (Fsp3) is 0.500. The molecule has 118 valence electrons. The van der Waals surface area contributed by atoms with E-state index in [-0.39, 0.29) is 0 Å². The van der Waals surface area contributed by atoms with Crippen molar-refractivity contribution in [3.8, 4) is 11.5 Å². The molecule has 3 N–H and O–H groups in total. The SMILES string of the molecule is COc1ccc2[nH+]c(C)c(C[NH+]3CCCC(C)C3)c(O)c2c1. The van der Waals surface area contributed by atoms with E-state index in [2.05, 4.69) is 11.9 Å². The summed E-state index contributed by atoms with van der Waals surface area (Å²) in [6.45, 7) is 7.63. The number of aromatic hydroxyl groups is 1. The summed E-state index contributed by atoms with van der Waals surface area (Å²) < 4.78 is 5.28. The van der Waals surface area contributed by atoms with Crippen molar-refractivity contribution in [3.63, 3.8) is 0 Å². The number of piperidine rings is 1. The van der Waals surface area contributed by atoms with Gasteiger partial charge in [-0.1, -0.05) is 6.92 Å². The Morgan fingerprint density at radius 2 is 2.23 bits per heavy atom. The minimum atomic E-state index is 0.399. The van der Waals surface area contributed by atoms with Crippen molar-refractivity contribution in [1.29, 1.82) is 0 Å². The maximum Gasteiger partial charge on any atom is 0.215 e. The predicted molar refractivity (Wildman–Crippen MR) is 86.3 cm³/mol. The molecule has 2 heterocycles. The third kappa shape index (κ3) is 2.88. The molecule has 3 rings (SSSR count). The molecule has 4 heteroatoms. The number of hydrogen-bond donors (Lipinski definition) is 2. The van der Waals surface area contributed by atoms with Gasteiger partial charge in [0.05, 0.1) is 25.6 Å². The minimum Gasteiger partial charge on any atom is -0.506 e. The fourth-order valence-electron chi connectivity index (χ4n) is 3.60. The van der Waals surface area contributed by atoms with E-state index in [4.69, 9.17) is 4.74 Å². The van der Waals surface area contributed by atoms with Crippen molar-refractivity contribution in [2.45, 2.75) is 33.2 Å². The lowest BCUT2D eigenvalue weighted by Gasteiger charge is -2.28. The molecule has 1 aromatic carbocycles. The number of aromatic nitrogens is 1. The van der Waals surface area contributed by atoms with Crippen molar-refractivity contribution >= 4 is 10.9 Å². The van der Waals surface area contributed by atoms with E-state index < -0.39 is 0 Å². The molecule has 0 spiro atoms. The topological polar surface area (TPSA) is 48.0 Å². The molecule has 0 saturated carbocycles. The molecule has 1 aromatic heterocycles. The summed E-state index contributed by atoms with van der Waals surface area (Å²) in [6, 6.07) is 5.77. The summed E-state index contributed by atoms with van der Waals surface area (Å²) in [5.41, 5.74) is 3.03. The van der Waals surface area contributed by atoms with Crippen LogP contribution in [0.4, 0.5) is 0 Å². The Labute approximate surface area is 131 Å². The molecule has 1 aliphatic rings. The quantitative estimate of drug-likeness (QED) is 0.902. The van der Waals surface area contributed by atoms with E-state index in [1.54, 1.807) is 12.0 Å². The zero-order valence-electron chi connectivity index (χ0n) is 13.7. The van der Waals surface area contributed by atoms with Crippen molar-refractivity contribution in [1.82, 2.24) is 0 Å². The van der Waals surface area contributed by atoms with Gasteiger partial charge in [0.1, 0.15) is 23.6 Å². The Kier molecular flexibility index (Phi) is 4.21. The molecule has 0 bridgehead atoms. The summed E-state index contributed by atoms with van der Waals surface area (Å²) in [4.78, 5) is 4.99. The molecule has 2 aromatic rings. The van der Waals surface area contributed by atoms with Gasteiger partial charge in [-0.3, -0.25) is 0 Å². The van der Waals surface area contributed by atoms with Crippen LogP contribution in [0.15, 0.2) is 18.2 Å². The zero-order chi connectivity index (χ0) is 15.7. The number of likely N-dealkylation sites (tertiary alicyclic amines) is 1. The molecular weight excluding hydrogens is 276 g/mol. The third-order valence-electron chi connectivity index (χ3n) is 4.83. The summed E-state index contributed by atoms with van der Waals surface area (Å²) in [5, 5.41) is 11.6. The second-order valence-corrected chi connectivity index (χ2v) is 6.62. The average Bonchev–Trinajstić information content (AvgIpc) is 2.51. The monoisotopic (exact) mass is 302 g/mol. The van der Waals surface area contributed by atoms with Crippen LogP contribution in [-0.4, -0.2) is 25.3 Å². The first kappa shape index (κ1) is 15.1. The number of fused-ring (bicyclic) bond motifs is 1. The van der Waals surface area contributed by atoms with Gasteiger partial charge in [0, 0.05) is 18.9 Å². The van der Waals surface area contributed by atoms with Crippen LogP contribution in [-0.2, 0) is 6.54 Å². The number of H-pyrrole nitrogens is 1. The van der Waals surface area contributed by atoms with Crippen LogP contribution < -0.4 is 14.6 Å². The minimum absolute atomic E-state index is 0.399. The largest absolute Gasteiger partial charge is 0.506 e. The highest BCUT2D eigenvalue weighted by molar-refractivity contribution is 5.84. The Balaban J connectivity index is 1.97. The molecule has 1 saturated heterocycles. The average molecular weight is 302 g/mol. The van der Waals surface area contributed by atoms with Gasteiger partial charge < -0.3 is 14.7 Å². The van der Waals surface area contributed by atoms with Crippen molar-refractivity contribution in [3.05, 3.63) is 29.5 Å². The zero-order valence-corrected chi connectivity index (χ0v) is 13.7. The Morgan fingerprint density at radius 1 is 1.41 bits per heavy atom. The van der Waals surface area contributed by atoms with Gasteiger partial charge in [0.2, 0.25) is 5.52 Å². The lowest BCUT2D eigenvalue weighted by molar-refractivity contribution is -0.922. The second kappa shape index (κ2) is 6.13. The standard InChI is InChI=1S/C18H24N2O2/c1-12-5-4-8-20(10-12)11-16-13(2)19-17-7-6-14(22-3)9-15(17)18(16)21/h6-7,9,12H,4-5,8,10-11H2,1-3H3,(H,19,21)/p+2. The maximum absolute atomic E-state index is 10.8. The van der Waals surface area contributed by atoms with Crippen LogP contribution in [0.5, 0.6) is 11.5 Å². The highest BCUT2D eigenvalue weighted by Gasteiger charge is 2.25. The van der Waals surface area contributed by atoms with E-state index in [9.17, 15) is 5.11 Å². The van der Waals surface area contributed by atoms with E-state index in [0.717, 1.165) is 40.4 Å². The number of rotatable bonds is 3. The Hall–Kier alpha value is -1.81. The van der Waals surface area contributed by atoms with Crippen LogP contribution in [0.3, 0.4) is 0 Å². The van der Waals surface area contributed by atoms with Gasteiger partial charge in [0.25, 0.3) is 0 Å². The molecule has 0 aliphatic carbocycles. The second-order valence-electron chi connectivity index (χ2n) is 6.62. The number of aromatic amines is 1. The van der Waals surface area contributed by atoms with Gasteiger partial charge in [-0.05, 0) is 25.0 Å². The number of ether oxygens (including phenoxy) is 1. The summed E-state index contributed by atoms with van der Waals surface area (Å²) >= 11 is 0. The number of hydrogen-bond acceptors (Lipinski definition) is 2. The molecular formula is C18H26N2O2+2. The molecule has 2 atom stereocenters. The first-order chi connectivity index (χ1) is 10.6. The van der Waals surface area contributed by atoms with Crippen molar-refractivity contribution in [2.24, 2.45) is 5.92 Å². The van der Waals surface area contributed by atoms with Gasteiger partial charge in [-0.15, -0.1) is 0 Å². The maximum atomic E-state index is 10.8. The van der Waals surface area contributed by atoms with Gasteiger partial charge in [-0.25, -0.2) is 4.98 Å². The Morgan fingerprint density at radius 3 is 2.95 bits per heavy atom. The van der Waals surface area contributed by atoms with Gasteiger partial charge >= 0.3 is 0 Å². The van der Waals surface area contributed by atoms with E-state index in [1.165, 1.54) is 25.9 Å². The first-order valence-corrected chi connectivity index (χ1v) is 8.13. The molecule has 22 heavy (non-hydrogen) atoms. The molecule has 2 unspecified atom stereocenters. The molecule has 0 amide bonds. The molecule has 1 fully saturated rings. The number of methoxy groups -OCH3 is 1.